The van der Waals surface area contributed by atoms with Gasteiger partial charge in [-0.05, 0) is 62.3 Å². The highest BCUT2D eigenvalue weighted by Crippen LogP contribution is 2.12. The van der Waals surface area contributed by atoms with Crippen molar-refractivity contribution >= 4 is 30.4 Å². The average molecular weight is 560 g/mol. The van der Waals surface area contributed by atoms with E-state index in [0.717, 1.165) is 0 Å². The minimum atomic E-state index is -6.03. The van der Waals surface area contributed by atoms with Crippen LogP contribution in [0.25, 0.3) is 0 Å². The van der Waals surface area contributed by atoms with E-state index in [2.05, 4.69) is 62.3 Å². The number of rotatable bonds is 12. The molecule has 12 nitrogen and oxygen atoms in total. The smallest absolute Gasteiger partial charge is 0.227 e. The summed E-state index contributed by atoms with van der Waals surface area (Å²) < 4.78 is 85.2. The molecule has 0 aliphatic rings. The lowest BCUT2D eigenvalue weighted by atomic mass is 10.5. The van der Waals surface area contributed by atoms with Gasteiger partial charge in [-0.25, -0.2) is 25.3 Å². The van der Waals surface area contributed by atoms with Crippen LogP contribution < -0.4 is 14.7 Å². The van der Waals surface area contributed by atoms with Crippen molar-refractivity contribution in [1.29, 1.82) is 0 Å². The first kappa shape index (κ1) is 40.8. The van der Waals surface area contributed by atoms with Crippen LogP contribution >= 0.6 is 0 Å². The fourth-order valence-electron chi connectivity index (χ4n) is 2.68. The van der Waals surface area contributed by atoms with Crippen molar-refractivity contribution in [3.63, 3.8) is 0 Å². The fourth-order valence-corrected chi connectivity index (χ4v) is 6.15. The zero-order valence-corrected chi connectivity index (χ0v) is 24.8. The molecular formula is C19H49N3O9S3. The highest BCUT2D eigenvalue weighted by atomic mass is 32.3. The Labute approximate surface area is 208 Å². The maximum absolute atomic E-state index is 9.91. The molecule has 0 aromatic carbocycles. The Hall–Kier alpha value is -0.390. The van der Waals surface area contributed by atoms with Crippen molar-refractivity contribution in [2.24, 2.45) is 0 Å². The molecule has 3 N–H and O–H groups in total. The van der Waals surface area contributed by atoms with Gasteiger partial charge in [-0.2, -0.15) is 0 Å². The highest BCUT2D eigenvalue weighted by molar-refractivity contribution is 8.19. The summed E-state index contributed by atoms with van der Waals surface area (Å²) in [6, 6.07) is 0. The van der Waals surface area contributed by atoms with Gasteiger partial charge < -0.3 is 28.4 Å². The SMILES string of the molecule is CC[NH+](CC)CC.CC[NH+](CC)CC.CC[NH+](CC)CC.O=S(=O)([O-])C(S(=O)(=O)[O-])S(=O)(=O)[O-]. The third-order valence-corrected chi connectivity index (χ3v) is 10.9. The molecule has 0 bridgehead atoms. The Kier molecular flexibility index (Phi) is 26.2. The van der Waals surface area contributed by atoms with Gasteiger partial charge in [-0.3, -0.25) is 0 Å². The molecule has 0 aromatic heterocycles. The second-order valence-electron chi connectivity index (χ2n) is 7.20. The molecule has 0 spiro atoms. The molecule has 0 aliphatic carbocycles. The van der Waals surface area contributed by atoms with Gasteiger partial charge in [0, 0.05) is 0 Å². The van der Waals surface area contributed by atoms with Gasteiger partial charge in [0.2, 0.25) is 3.91 Å². The average Bonchev–Trinajstić information content (AvgIpc) is 2.70. The summed E-state index contributed by atoms with van der Waals surface area (Å²) in [4.78, 5) is 5.04. The van der Waals surface area contributed by atoms with Crippen LogP contribution in [0.1, 0.15) is 62.3 Å². The zero-order valence-electron chi connectivity index (χ0n) is 22.3. The van der Waals surface area contributed by atoms with E-state index in [0.29, 0.717) is 0 Å². The molecule has 0 amide bonds. The third-order valence-electron chi connectivity index (χ3n) is 5.21. The van der Waals surface area contributed by atoms with Gasteiger partial charge in [-0.15, -0.1) is 0 Å². The van der Waals surface area contributed by atoms with Gasteiger partial charge in [0.15, 0.2) is 0 Å². The quantitative estimate of drug-likeness (QED) is 0.206. The van der Waals surface area contributed by atoms with E-state index in [1.807, 2.05) is 0 Å². The van der Waals surface area contributed by atoms with Crippen molar-refractivity contribution in [2.45, 2.75) is 66.2 Å². The molecule has 0 saturated carbocycles. The van der Waals surface area contributed by atoms with Crippen LogP contribution in [-0.2, 0) is 30.4 Å². The number of quaternary nitrogens is 3. The number of hydrogen-bond donors (Lipinski definition) is 3. The first-order chi connectivity index (χ1) is 15.4. The van der Waals surface area contributed by atoms with Gasteiger partial charge in [0.05, 0.1) is 58.9 Å². The molecule has 0 heterocycles. The lowest BCUT2D eigenvalue weighted by molar-refractivity contribution is -0.894. The first-order valence-electron chi connectivity index (χ1n) is 11.8. The summed E-state index contributed by atoms with van der Waals surface area (Å²) in [5.41, 5.74) is 0. The largest absolute Gasteiger partial charge is 0.746 e. The van der Waals surface area contributed by atoms with Gasteiger partial charge in [0.1, 0.15) is 30.4 Å². The standard InChI is InChI=1S/3C6H15N.CH4O9S3/c3*1-4-7(5-2)6-3;2-11(3,4)1(12(5,6)7)13(8,9)10/h3*4-6H2,1-3H3;1H,(H,2,3,4)(H,5,6,7)(H,8,9,10). The van der Waals surface area contributed by atoms with E-state index in [9.17, 15) is 38.9 Å². The van der Waals surface area contributed by atoms with Crippen LogP contribution in [0, 0.1) is 0 Å². The van der Waals surface area contributed by atoms with Crippen LogP contribution in [0.4, 0.5) is 0 Å². The van der Waals surface area contributed by atoms with E-state index < -0.39 is 34.3 Å². The summed E-state index contributed by atoms with van der Waals surface area (Å²) in [6.07, 6.45) is 0. The molecule has 0 radical (unpaired) electrons. The first-order valence-corrected chi connectivity index (χ1v) is 16.2. The van der Waals surface area contributed by atoms with Gasteiger partial charge in [0.25, 0.3) is 0 Å². The molecule has 0 aromatic rings. The van der Waals surface area contributed by atoms with E-state index in [-0.39, 0.29) is 0 Å². The molecule has 34 heavy (non-hydrogen) atoms. The van der Waals surface area contributed by atoms with Crippen molar-refractivity contribution in [1.82, 2.24) is 0 Å². The molecule has 0 saturated heterocycles. The lowest BCUT2D eigenvalue weighted by Crippen LogP contribution is -3.11. The van der Waals surface area contributed by atoms with Crippen LogP contribution in [0.3, 0.4) is 0 Å². The second kappa shape index (κ2) is 21.9. The lowest BCUT2D eigenvalue weighted by Gasteiger charge is -2.25. The van der Waals surface area contributed by atoms with E-state index in [4.69, 9.17) is 0 Å². The van der Waals surface area contributed by atoms with Crippen LogP contribution in [0.2, 0.25) is 0 Å². The highest BCUT2D eigenvalue weighted by Gasteiger charge is 2.30. The Balaban J connectivity index is -0.000000186. The van der Waals surface area contributed by atoms with Crippen molar-refractivity contribution in [3.05, 3.63) is 0 Å². The van der Waals surface area contributed by atoms with E-state index >= 15 is 0 Å². The monoisotopic (exact) mass is 559 g/mol. The molecule has 0 atom stereocenters. The minimum absolute atomic E-state index is 1.27. The normalized spacial score (nSPS) is 12.0. The predicted octanol–water partition coefficient (Wildman–Crippen LogP) is -3.30. The maximum atomic E-state index is 9.91. The number of hydrogen-bond acceptors (Lipinski definition) is 9. The zero-order chi connectivity index (χ0) is 28.2. The Morgan fingerprint density at radius 2 is 0.529 bits per heavy atom. The second-order valence-corrected chi connectivity index (χ2v) is 12.5. The minimum Gasteiger partial charge on any atom is -0.746 e. The molecule has 212 valence electrons. The Bertz CT molecular complexity index is 641. The summed E-state index contributed by atoms with van der Waals surface area (Å²) in [5, 5.41) is 0. The molecule has 0 rings (SSSR count). The van der Waals surface area contributed by atoms with Crippen molar-refractivity contribution in [2.75, 3.05) is 58.9 Å². The van der Waals surface area contributed by atoms with Crippen LogP contribution in [0.15, 0.2) is 0 Å². The molecule has 15 heteroatoms. The van der Waals surface area contributed by atoms with Crippen LogP contribution in [-0.4, -0.2) is 102 Å². The summed E-state index contributed by atoms with van der Waals surface area (Å²) in [7, 11) is -18.1. The predicted molar refractivity (Wildman–Crippen MR) is 131 cm³/mol. The van der Waals surface area contributed by atoms with Crippen LogP contribution in [0.5, 0.6) is 0 Å². The summed E-state index contributed by atoms with van der Waals surface area (Å²) in [5.74, 6) is 0. The Morgan fingerprint density at radius 3 is 0.529 bits per heavy atom. The third kappa shape index (κ3) is 23.4. The fraction of sp³-hybridized carbons (Fsp3) is 1.00. The van der Waals surface area contributed by atoms with Gasteiger partial charge in [-0.1, -0.05) is 0 Å². The topological polar surface area (TPSA) is 185 Å². The van der Waals surface area contributed by atoms with E-state index in [1.54, 1.807) is 14.7 Å². The molecule has 0 aliphatic heterocycles. The van der Waals surface area contributed by atoms with Crippen molar-refractivity contribution < 1.29 is 53.6 Å². The Morgan fingerprint density at radius 1 is 0.412 bits per heavy atom. The maximum Gasteiger partial charge on any atom is 0.227 e. The molecular weight excluding hydrogens is 510 g/mol. The van der Waals surface area contributed by atoms with Gasteiger partial charge >= 0.3 is 0 Å². The van der Waals surface area contributed by atoms with Crippen molar-refractivity contribution in [3.8, 4) is 0 Å². The van der Waals surface area contributed by atoms with E-state index in [1.165, 1.54) is 58.9 Å². The summed E-state index contributed by atoms with van der Waals surface area (Å²) in [6.45, 7) is 31.5. The number of nitrogens with one attached hydrogen (secondary N) is 3. The molecule has 0 fully saturated rings. The molecule has 0 unspecified atom stereocenters. The summed E-state index contributed by atoms with van der Waals surface area (Å²) >= 11 is 0.